The van der Waals surface area contributed by atoms with Gasteiger partial charge in [-0.2, -0.15) is 5.10 Å². The van der Waals surface area contributed by atoms with Crippen LogP contribution < -0.4 is 9.73 Å². The average Bonchev–Trinajstić information content (AvgIpc) is 2.78. The first kappa shape index (κ1) is 23.7. The maximum Gasteiger partial charge on any atom is 0.264 e. The number of carbonyl (C=O) groups excluding carboxylic acids is 1. The van der Waals surface area contributed by atoms with Crippen LogP contribution >= 0.6 is 15.9 Å². The van der Waals surface area contributed by atoms with E-state index in [0.29, 0.717) is 11.4 Å². The van der Waals surface area contributed by atoms with E-state index in [2.05, 4.69) is 26.5 Å². The smallest absolute Gasteiger partial charge is 0.264 e. The summed E-state index contributed by atoms with van der Waals surface area (Å²) in [7, 11) is -3.96. The maximum absolute atomic E-state index is 13.4. The van der Waals surface area contributed by atoms with E-state index in [-0.39, 0.29) is 4.90 Å². The Hall–Kier alpha value is -2.97. The van der Waals surface area contributed by atoms with Crippen LogP contribution in [0.3, 0.4) is 0 Å². The lowest BCUT2D eigenvalue weighted by Gasteiger charge is -2.24. The molecule has 0 aromatic heterocycles. The number of rotatable bonds is 7. The van der Waals surface area contributed by atoms with Crippen LogP contribution in [0.1, 0.15) is 23.6 Å². The van der Waals surface area contributed by atoms with Gasteiger partial charge in [-0.25, -0.2) is 13.8 Å². The van der Waals surface area contributed by atoms with Gasteiger partial charge in [-0.1, -0.05) is 52.3 Å². The molecule has 0 radical (unpaired) electrons. The highest BCUT2D eigenvalue weighted by Gasteiger charge is 2.27. The molecule has 1 N–H and O–H groups in total. The van der Waals surface area contributed by atoms with Gasteiger partial charge in [0.25, 0.3) is 15.9 Å². The van der Waals surface area contributed by atoms with E-state index in [1.54, 1.807) is 37.3 Å². The molecule has 0 bridgehead atoms. The number of sulfonamides is 1. The first-order valence-corrected chi connectivity index (χ1v) is 12.2. The summed E-state index contributed by atoms with van der Waals surface area (Å²) in [6, 6.07) is 20.9. The van der Waals surface area contributed by atoms with E-state index < -0.39 is 22.5 Å². The fourth-order valence-electron chi connectivity index (χ4n) is 2.98. The minimum Gasteiger partial charge on any atom is -0.271 e. The number of amides is 1. The largest absolute Gasteiger partial charge is 0.271 e. The van der Waals surface area contributed by atoms with Gasteiger partial charge < -0.3 is 0 Å². The molecule has 8 heteroatoms. The van der Waals surface area contributed by atoms with E-state index >= 15 is 0 Å². The molecule has 0 atom stereocenters. The van der Waals surface area contributed by atoms with Gasteiger partial charge in [-0.3, -0.25) is 9.10 Å². The summed E-state index contributed by atoms with van der Waals surface area (Å²) in [5.41, 5.74) is 6.31. The number of nitrogens with one attached hydrogen (secondary N) is 1. The SMILES string of the molecule is C/C(=N/NC(=O)CN(c1ccc(C)c(C)c1)S(=O)(=O)c1ccccc1)c1ccc(Br)cc1. The first-order chi connectivity index (χ1) is 15.2. The monoisotopic (exact) mass is 513 g/mol. The Bertz CT molecular complexity index is 1240. The molecule has 0 saturated carbocycles. The van der Waals surface area contributed by atoms with Crippen molar-refractivity contribution in [1.82, 2.24) is 5.43 Å². The molecular weight excluding hydrogens is 490 g/mol. The molecule has 32 heavy (non-hydrogen) atoms. The summed E-state index contributed by atoms with van der Waals surface area (Å²) < 4.78 is 28.8. The van der Waals surface area contributed by atoms with Crippen LogP contribution in [0.2, 0.25) is 0 Å². The van der Waals surface area contributed by atoms with Crippen LogP contribution in [0, 0.1) is 13.8 Å². The number of hydrazone groups is 1. The molecule has 1 amide bonds. The number of carbonyl (C=O) groups is 1. The molecule has 3 rings (SSSR count). The molecular formula is C24H24BrN3O3S. The van der Waals surface area contributed by atoms with Crippen molar-refractivity contribution >= 4 is 43.3 Å². The fraction of sp³-hybridized carbons (Fsp3) is 0.167. The minimum absolute atomic E-state index is 0.112. The van der Waals surface area contributed by atoms with Crippen LogP contribution in [0.15, 0.2) is 87.3 Å². The zero-order valence-corrected chi connectivity index (χ0v) is 20.4. The van der Waals surface area contributed by atoms with Crippen LogP contribution in [-0.2, 0) is 14.8 Å². The molecule has 3 aromatic carbocycles. The third kappa shape index (κ3) is 5.63. The number of benzene rings is 3. The Kier molecular flexibility index (Phi) is 7.48. The van der Waals surface area contributed by atoms with E-state index in [4.69, 9.17) is 0 Å². The summed E-state index contributed by atoms with van der Waals surface area (Å²) >= 11 is 3.38. The zero-order valence-electron chi connectivity index (χ0n) is 18.0. The second-order valence-corrected chi connectivity index (χ2v) is 10.1. The first-order valence-electron chi connectivity index (χ1n) is 9.92. The molecule has 0 heterocycles. The lowest BCUT2D eigenvalue weighted by Crippen LogP contribution is -2.39. The topological polar surface area (TPSA) is 78.8 Å². The van der Waals surface area contributed by atoms with Crippen LogP contribution in [-0.4, -0.2) is 26.6 Å². The third-order valence-electron chi connectivity index (χ3n) is 5.01. The molecule has 0 fully saturated rings. The van der Waals surface area contributed by atoms with E-state index in [1.165, 1.54) is 12.1 Å². The van der Waals surface area contributed by atoms with Crippen LogP contribution in [0.4, 0.5) is 5.69 Å². The van der Waals surface area contributed by atoms with Crippen molar-refractivity contribution in [2.75, 3.05) is 10.8 Å². The van der Waals surface area contributed by atoms with Crippen LogP contribution in [0.25, 0.3) is 0 Å². The predicted octanol–water partition coefficient (Wildman–Crippen LogP) is 4.80. The number of hydrogen-bond acceptors (Lipinski definition) is 4. The number of halogens is 1. The standard InChI is InChI=1S/C24H24BrN3O3S/c1-17-9-14-22(15-18(17)2)28(32(30,31)23-7-5-4-6-8-23)16-24(29)27-26-19(3)20-10-12-21(25)13-11-20/h4-15H,16H2,1-3H3,(H,27,29)/b26-19-. The van der Waals surface area contributed by atoms with Crippen molar-refractivity contribution in [2.45, 2.75) is 25.7 Å². The highest BCUT2D eigenvalue weighted by atomic mass is 79.9. The lowest BCUT2D eigenvalue weighted by molar-refractivity contribution is -0.119. The van der Waals surface area contributed by atoms with Gasteiger partial charge in [0.15, 0.2) is 0 Å². The van der Waals surface area contributed by atoms with Gasteiger partial charge in [0, 0.05) is 4.47 Å². The molecule has 0 aliphatic rings. The second-order valence-electron chi connectivity index (χ2n) is 7.33. The van der Waals surface area contributed by atoms with Crippen LogP contribution in [0.5, 0.6) is 0 Å². The molecule has 0 saturated heterocycles. The number of aryl methyl sites for hydroxylation is 2. The van der Waals surface area contributed by atoms with E-state index in [9.17, 15) is 13.2 Å². The highest BCUT2D eigenvalue weighted by molar-refractivity contribution is 9.10. The van der Waals surface area contributed by atoms with E-state index in [1.807, 2.05) is 44.2 Å². The zero-order chi connectivity index (χ0) is 23.3. The summed E-state index contributed by atoms with van der Waals surface area (Å²) in [5, 5.41) is 4.14. The van der Waals surface area contributed by atoms with Gasteiger partial charge in [0.05, 0.1) is 16.3 Å². The third-order valence-corrected chi connectivity index (χ3v) is 7.32. The van der Waals surface area contributed by atoms with Gasteiger partial charge >= 0.3 is 0 Å². The molecule has 0 aliphatic heterocycles. The summed E-state index contributed by atoms with van der Waals surface area (Å²) in [6.07, 6.45) is 0. The maximum atomic E-state index is 13.4. The van der Waals surface area contributed by atoms with Crippen molar-refractivity contribution in [3.8, 4) is 0 Å². The van der Waals surface area contributed by atoms with Gasteiger partial charge in [-0.05, 0) is 73.9 Å². The molecule has 0 unspecified atom stereocenters. The molecule has 3 aromatic rings. The Balaban J connectivity index is 1.88. The Morgan fingerprint density at radius 1 is 0.969 bits per heavy atom. The van der Waals surface area contributed by atoms with Gasteiger partial charge in [-0.15, -0.1) is 0 Å². The number of hydrogen-bond donors (Lipinski definition) is 1. The summed E-state index contributed by atoms with van der Waals surface area (Å²) in [5.74, 6) is -0.542. The lowest BCUT2D eigenvalue weighted by atomic mass is 10.1. The van der Waals surface area contributed by atoms with Crippen molar-refractivity contribution in [1.29, 1.82) is 0 Å². The number of nitrogens with zero attached hydrogens (tertiary/aromatic N) is 2. The summed E-state index contributed by atoms with van der Waals surface area (Å²) in [6.45, 7) is 5.21. The average molecular weight is 514 g/mol. The second kappa shape index (κ2) is 10.1. The highest BCUT2D eigenvalue weighted by Crippen LogP contribution is 2.25. The summed E-state index contributed by atoms with van der Waals surface area (Å²) in [4.78, 5) is 12.8. The normalized spacial score (nSPS) is 11.8. The minimum atomic E-state index is -3.96. The fourth-order valence-corrected chi connectivity index (χ4v) is 4.68. The number of anilines is 1. The Labute approximate surface area is 197 Å². The van der Waals surface area contributed by atoms with Gasteiger partial charge in [0.2, 0.25) is 0 Å². The molecule has 6 nitrogen and oxygen atoms in total. The molecule has 0 spiro atoms. The van der Waals surface area contributed by atoms with Crippen molar-refractivity contribution in [3.05, 3.63) is 94.0 Å². The van der Waals surface area contributed by atoms with Crippen molar-refractivity contribution in [3.63, 3.8) is 0 Å². The molecule has 166 valence electrons. The van der Waals surface area contributed by atoms with Crippen molar-refractivity contribution in [2.24, 2.45) is 5.10 Å². The van der Waals surface area contributed by atoms with E-state index in [0.717, 1.165) is 25.5 Å². The quantitative estimate of drug-likeness (QED) is 0.364. The van der Waals surface area contributed by atoms with Gasteiger partial charge in [0.1, 0.15) is 6.54 Å². The van der Waals surface area contributed by atoms with Crippen molar-refractivity contribution < 1.29 is 13.2 Å². The molecule has 0 aliphatic carbocycles. The Morgan fingerprint density at radius 2 is 1.62 bits per heavy atom. The predicted molar refractivity (Wildman–Crippen MR) is 131 cm³/mol. The Morgan fingerprint density at radius 3 is 2.25 bits per heavy atom.